The van der Waals surface area contributed by atoms with E-state index in [-0.39, 0.29) is 26.4 Å². The molecule has 0 radical (unpaired) electrons. The molecule has 0 unspecified atom stereocenters. The monoisotopic (exact) mass is 311 g/mol. The molecular formula is C15H21NO6. The molecule has 122 valence electrons. The first kappa shape index (κ1) is 17.9. The summed E-state index contributed by atoms with van der Waals surface area (Å²) in [6, 6.07) is 8.23. The Morgan fingerprint density at radius 2 is 2.00 bits per heavy atom. The van der Waals surface area contributed by atoms with Crippen molar-refractivity contribution in [1.29, 1.82) is 0 Å². The average Bonchev–Trinajstić information content (AvgIpc) is 2.56. The van der Waals surface area contributed by atoms with E-state index in [9.17, 15) is 9.59 Å². The Kier molecular flexibility index (Phi) is 8.63. The number of carbonyl (C=O) groups excluding carboxylic acids is 2. The number of esters is 1. The number of aliphatic hydroxyl groups is 1. The third-order valence-electron chi connectivity index (χ3n) is 2.72. The second-order valence-corrected chi connectivity index (χ2v) is 4.43. The number of nitrogens with one attached hydrogen (secondary N) is 1. The van der Waals surface area contributed by atoms with E-state index in [4.69, 9.17) is 14.6 Å². The van der Waals surface area contributed by atoms with Gasteiger partial charge in [0.05, 0.1) is 13.7 Å². The molecule has 0 saturated heterocycles. The molecule has 0 aromatic heterocycles. The van der Waals surface area contributed by atoms with Gasteiger partial charge in [-0.05, 0) is 12.0 Å². The van der Waals surface area contributed by atoms with E-state index in [2.05, 4.69) is 10.1 Å². The molecule has 0 aliphatic rings. The molecule has 7 heteroatoms. The average molecular weight is 311 g/mol. The Hall–Kier alpha value is -2.12. The summed E-state index contributed by atoms with van der Waals surface area (Å²) >= 11 is 0. The molecule has 1 amide bonds. The van der Waals surface area contributed by atoms with Gasteiger partial charge in [-0.2, -0.15) is 0 Å². The quantitative estimate of drug-likeness (QED) is 0.519. The van der Waals surface area contributed by atoms with Crippen LogP contribution in [-0.2, 0) is 25.6 Å². The van der Waals surface area contributed by atoms with Crippen LogP contribution in [0.1, 0.15) is 12.0 Å². The Morgan fingerprint density at radius 1 is 1.27 bits per heavy atom. The molecular weight excluding hydrogens is 290 g/mol. The van der Waals surface area contributed by atoms with E-state index in [0.717, 1.165) is 5.56 Å². The van der Waals surface area contributed by atoms with E-state index in [1.165, 1.54) is 7.11 Å². The van der Waals surface area contributed by atoms with Gasteiger partial charge in [0.15, 0.2) is 6.04 Å². The summed E-state index contributed by atoms with van der Waals surface area (Å²) in [4.78, 5) is 23.3. The van der Waals surface area contributed by atoms with Gasteiger partial charge in [-0.3, -0.25) is 0 Å². The van der Waals surface area contributed by atoms with Crippen LogP contribution in [0, 0.1) is 0 Å². The highest BCUT2D eigenvalue weighted by molar-refractivity contribution is 5.81. The standard InChI is InChI=1S/C15H21NO6/c1-20-14(18)13(11-21-9-5-8-17)16-15(19)22-10-12-6-3-2-4-7-12/h2-4,6-7,13,17H,5,8-11H2,1H3,(H,16,19)/t13-/m0/s1. The van der Waals surface area contributed by atoms with Crippen molar-refractivity contribution in [3.63, 3.8) is 0 Å². The first-order chi connectivity index (χ1) is 10.7. The van der Waals surface area contributed by atoms with Gasteiger partial charge in [0.25, 0.3) is 0 Å². The Morgan fingerprint density at radius 3 is 2.64 bits per heavy atom. The van der Waals surface area contributed by atoms with Gasteiger partial charge in [0.1, 0.15) is 6.61 Å². The van der Waals surface area contributed by atoms with Crippen LogP contribution in [0.25, 0.3) is 0 Å². The number of amides is 1. The van der Waals surface area contributed by atoms with Crippen LogP contribution in [0.3, 0.4) is 0 Å². The number of carbonyl (C=O) groups is 2. The first-order valence-electron chi connectivity index (χ1n) is 6.91. The van der Waals surface area contributed by atoms with E-state index in [1.807, 2.05) is 30.3 Å². The number of aliphatic hydroxyl groups excluding tert-OH is 1. The largest absolute Gasteiger partial charge is 0.467 e. The zero-order valence-corrected chi connectivity index (χ0v) is 12.5. The molecule has 0 aliphatic carbocycles. The van der Waals surface area contributed by atoms with Crippen molar-refractivity contribution < 1.29 is 28.9 Å². The lowest BCUT2D eigenvalue weighted by atomic mass is 10.2. The Balaban J connectivity index is 2.39. The first-order valence-corrected chi connectivity index (χ1v) is 6.91. The number of ether oxygens (including phenoxy) is 3. The smallest absolute Gasteiger partial charge is 0.408 e. The van der Waals surface area contributed by atoms with Gasteiger partial charge in [0, 0.05) is 13.2 Å². The van der Waals surface area contributed by atoms with E-state index in [0.29, 0.717) is 6.42 Å². The molecule has 1 rings (SSSR count). The predicted octanol–water partition coefficient (Wildman–Crippen LogP) is 0.853. The summed E-state index contributed by atoms with van der Waals surface area (Å²) in [5, 5.41) is 11.0. The minimum Gasteiger partial charge on any atom is -0.467 e. The Bertz CT molecular complexity index is 451. The minimum absolute atomic E-state index is 0.00453. The lowest BCUT2D eigenvalue weighted by molar-refractivity contribution is -0.144. The molecule has 0 aliphatic heterocycles. The molecule has 1 aromatic carbocycles. The molecule has 1 aromatic rings. The Labute approximate surface area is 129 Å². The fraction of sp³-hybridized carbons (Fsp3) is 0.467. The summed E-state index contributed by atoms with van der Waals surface area (Å²) < 4.78 is 14.8. The molecule has 2 N–H and O–H groups in total. The van der Waals surface area contributed by atoms with Crippen LogP contribution in [-0.4, -0.2) is 50.1 Å². The number of alkyl carbamates (subject to hydrolysis) is 1. The topological polar surface area (TPSA) is 94.1 Å². The van der Waals surface area contributed by atoms with Crippen molar-refractivity contribution in [2.45, 2.75) is 19.1 Å². The zero-order chi connectivity index (χ0) is 16.2. The number of benzene rings is 1. The van der Waals surface area contributed by atoms with Gasteiger partial charge in [-0.15, -0.1) is 0 Å². The van der Waals surface area contributed by atoms with Crippen LogP contribution in [0.5, 0.6) is 0 Å². The molecule has 0 bridgehead atoms. The SMILES string of the molecule is COC(=O)[C@H](COCCCO)NC(=O)OCc1ccccc1. The van der Waals surface area contributed by atoms with Crippen molar-refractivity contribution in [2.75, 3.05) is 26.9 Å². The van der Waals surface area contributed by atoms with Crippen LogP contribution in [0.2, 0.25) is 0 Å². The summed E-state index contributed by atoms with van der Waals surface area (Å²) in [7, 11) is 1.22. The van der Waals surface area contributed by atoms with E-state index >= 15 is 0 Å². The van der Waals surface area contributed by atoms with Gasteiger partial charge >= 0.3 is 12.1 Å². The lowest BCUT2D eigenvalue weighted by Gasteiger charge is -2.16. The van der Waals surface area contributed by atoms with Gasteiger partial charge in [0.2, 0.25) is 0 Å². The third kappa shape index (κ3) is 7.05. The maximum absolute atomic E-state index is 11.7. The highest BCUT2D eigenvalue weighted by Crippen LogP contribution is 2.01. The lowest BCUT2D eigenvalue weighted by Crippen LogP contribution is -2.45. The highest BCUT2D eigenvalue weighted by atomic mass is 16.6. The van der Waals surface area contributed by atoms with Crippen LogP contribution < -0.4 is 5.32 Å². The van der Waals surface area contributed by atoms with Crippen molar-refractivity contribution in [1.82, 2.24) is 5.32 Å². The predicted molar refractivity (Wildman–Crippen MR) is 78.1 cm³/mol. The van der Waals surface area contributed by atoms with Gasteiger partial charge < -0.3 is 24.6 Å². The van der Waals surface area contributed by atoms with Crippen molar-refractivity contribution in [2.24, 2.45) is 0 Å². The van der Waals surface area contributed by atoms with E-state index < -0.39 is 18.1 Å². The molecule has 7 nitrogen and oxygen atoms in total. The van der Waals surface area contributed by atoms with E-state index in [1.54, 1.807) is 0 Å². The third-order valence-corrected chi connectivity index (χ3v) is 2.72. The van der Waals surface area contributed by atoms with Crippen molar-refractivity contribution in [3.05, 3.63) is 35.9 Å². The second-order valence-electron chi connectivity index (χ2n) is 4.43. The zero-order valence-electron chi connectivity index (χ0n) is 12.5. The molecule has 22 heavy (non-hydrogen) atoms. The summed E-state index contributed by atoms with van der Waals surface area (Å²) in [5.74, 6) is -0.624. The fourth-order valence-electron chi connectivity index (χ4n) is 1.59. The number of methoxy groups -OCH3 is 1. The van der Waals surface area contributed by atoms with Crippen LogP contribution in [0.15, 0.2) is 30.3 Å². The van der Waals surface area contributed by atoms with Gasteiger partial charge in [-0.25, -0.2) is 9.59 Å². The number of rotatable bonds is 9. The normalized spacial score (nSPS) is 11.5. The second kappa shape index (κ2) is 10.6. The summed E-state index contributed by atoms with van der Waals surface area (Å²) in [6.07, 6.45) is -0.281. The molecule has 0 fully saturated rings. The highest BCUT2D eigenvalue weighted by Gasteiger charge is 2.22. The molecule has 0 heterocycles. The van der Waals surface area contributed by atoms with Gasteiger partial charge in [-0.1, -0.05) is 30.3 Å². The van der Waals surface area contributed by atoms with Crippen molar-refractivity contribution >= 4 is 12.1 Å². The molecule has 0 spiro atoms. The maximum atomic E-state index is 11.7. The number of hydrogen-bond acceptors (Lipinski definition) is 6. The number of hydrogen-bond donors (Lipinski definition) is 2. The minimum atomic E-state index is -0.952. The summed E-state index contributed by atoms with van der Waals surface area (Å²) in [6.45, 7) is 0.333. The maximum Gasteiger partial charge on any atom is 0.408 e. The van der Waals surface area contributed by atoms with Crippen LogP contribution in [0.4, 0.5) is 4.79 Å². The van der Waals surface area contributed by atoms with Crippen LogP contribution >= 0.6 is 0 Å². The van der Waals surface area contributed by atoms with Crippen molar-refractivity contribution in [3.8, 4) is 0 Å². The fourth-order valence-corrected chi connectivity index (χ4v) is 1.59. The summed E-state index contributed by atoms with van der Waals surface area (Å²) in [5.41, 5.74) is 0.839. The molecule has 0 saturated carbocycles. The molecule has 1 atom stereocenters.